The molecule has 2 aromatic rings. The van der Waals surface area contributed by atoms with Crippen LogP contribution in [-0.2, 0) is 26.1 Å². The van der Waals surface area contributed by atoms with Crippen LogP contribution in [0, 0.1) is 0 Å². The number of nitrogens with zero attached hydrogens (tertiary/aromatic N) is 1. The Bertz CT molecular complexity index is 991. The van der Waals surface area contributed by atoms with Crippen LogP contribution in [0.4, 0.5) is 0 Å². The van der Waals surface area contributed by atoms with E-state index in [1.54, 1.807) is 18.9 Å². The molecule has 1 aliphatic heterocycles. The molecule has 0 radical (unpaired) electrons. The third-order valence-electron chi connectivity index (χ3n) is 5.09. The topological polar surface area (TPSA) is 84.9 Å². The molecule has 0 saturated carbocycles. The minimum Gasteiger partial charge on any atom is -0.497 e. The summed E-state index contributed by atoms with van der Waals surface area (Å²) in [7, 11) is -2.29. The van der Waals surface area contributed by atoms with Crippen molar-refractivity contribution in [3.63, 3.8) is 0 Å². The van der Waals surface area contributed by atoms with Crippen LogP contribution in [0.5, 0.6) is 5.75 Å². The lowest BCUT2D eigenvalue weighted by molar-refractivity contribution is -0.134. The Balaban J connectivity index is 1.76. The van der Waals surface area contributed by atoms with Crippen LogP contribution in [-0.4, -0.2) is 51.6 Å². The number of hydrogen-bond acceptors (Lipinski definition) is 5. The summed E-state index contributed by atoms with van der Waals surface area (Å²) in [5.41, 5.74) is 0.887. The molecule has 7 nitrogen and oxygen atoms in total. The van der Waals surface area contributed by atoms with E-state index in [0.29, 0.717) is 30.5 Å². The van der Waals surface area contributed by atoms with Crippen molar-refractivity contribution >= 4 is 27.5 Å². The smallest absolute Gasteiger partial charge is 0.241 e. The van der Waals surface area contributed by atoms with E-state index in [4.69, 9.17) is 21.1 Å². The molecule has 1 heterocycles. The molecule has 1 amide bonds. The lowest BCUT2D eigenvalue weighted by atomic mass is 10.1. The highest BCUT2D eigenvalue weighted by Crippen LogP contribution is 2.19. The van der Waals surface area contributed by atoms with Crippen LogP contribution in [0.1, 0.15) is 25.3 Å². The molecule has 168 valence electrons. The second-order valence-corrected chi connectivity index (χ2v) is 9.65. The van der Waals surface area contributed by atoms with Crippen LogP contribution in [0.2, 0.25) is 5.02 Å². The van der Waals surface area contributed by atoms with Crippen molar-refractivity contribution in [3.8, 4) is 5.75 Å². The quantitative estimate of drug-likeness (QED) is 0.613. The van der Waals surface area contributed by atoms with Crippen LogP contribution in [0.3, 0.4) is 0 Å². The molecule has 1 unspecified atom stereocenters. The normalized spacial score (nSPS) is 17.3. The Morgan fingerprint density at radius 1 is 1.29 bits per heavy atom. The summed E-state index contributed by atoms with van der Waals surface area (Å²) < 4.78 is 38.9. The average molecular weight is 467 g/mol. The van der Waals surface area contributed by atoms with Crippen molar-refractivity contribution in [1.82, 2.24) is 9.62 Å². The molecule has 1 N–H and O–H groups in total. The molecule has 0 aliphatic carbocycles. The van der Waals surface area contributed by atoms with Gasteiger partial charge in [0.25, 0.3) is 0 Å². The number of sulfonamides is 1. The number of benzene rings is 2. The Hall–Kier alpha value is -2.13. The van der Waals surface area contributed by atoms with Gasteiger partial charge in [0.05, 0.1) is 24.2 Å². The number of carbonyl (C=O) groups excluding carboxylic acids is 1. The number of ether oxygens (including phenoxy) is 2. The summed E-state index contributed by atoms with van der Waals surface area (Å²) in [4.78, 5) is 14.9. The number of carbonyl (C=O) groups is 1. The van der Waals surface area contributed by atoms with Crippen LogP contribution < -0.4 is 9.46 Å². The van der Waals surface area contributed by atoms with Crippen molar-refractivity contribution < 1.29 is 22.7 Å². The van der Waals surface area contributed by atoms with Crippen molar-refractivity contribution in [3.05, 3.63) is 59.1 Å². The SMILES string of the molecule is COc1cccc(CN(CC2CCCO2)C(=O)[C@H](C)NS(=O)(=O)c2ccc(Cl)cc2)c1. The summed E-state index contributed by atoms with van der Waals surface area (Å²) in [6, 6.07) is 12.3. The molecule has 3 rings (SSSR count). The van der Waals surface area contributed by atoms with Gasteiger partial charge in [-0.05, 0) is 61.7 Å². The Morgan fingerprint density at radius 3 is 2.68 bits per heavy atom. The van der Waals surface area contributed by atoms with E-state index in [1.165, 1.54) is 24.3 Å². The van der Waals surface area contributed by atoms with E-state index >= 15 is 0 Å². The molecule has 0 bridgehead atoms. The molecule has 9 heteroatoms. The number of methoxy groups -OCH3 is 1. The standard InChI is InChI=1S/C22H27ClN2O5S/c1-16(24-31(27,28)21-10-8-18(23)9-11-21)22(26)25(15-20-7-4-12-30-20)14-17-5-3-6-19(13-17)29-2/h3,5-6,8-11,13,16,20,24H,4,7,12,14-15H2,1-2H3/t16-,20?/m0/s1. The fraction of sp³-hybridized carbons (Fsp3) is 0.409. The van der Waals surface area contributed by atoms with Gasteiger partial charge in [-0.15, -0.1) is 0 Å². The first-order valence-corrected chi connectivity index (χ1v) is 12.0. The van der Waals surface area contributed by atoms with E-state index < -0.39 is 16.1 Å². The molecule has 1 aliphatic rings. The number of rotatable bonds is 9. The molecular weight excluding hydrogens is 440 g/mol. The zero-order valence-electron chi connectivity index (χ0n) is 17.6. The maximum absolute atomic E-state index is 13.2. The van der Waals surface area contributed by atoms with Gasteiger partial charge in [-0.2, -0.15) is 4.72 Å². The van der Waals surface area contributed by atoms with E-state index in [0.717, 1.165) is 18.4 Å². The number of nitrogens with one attached hydrogen (secondary N) is 1. The van der Waals surface area contributed by atoms with Crippen molar-refractivity contribution in [2.75, 3.05) is 20.3 Å². The summed E-state index contributed by atoms with van der Waals surface area (Å²) in [6.45, 7) is 2.93. The van der Waals surface area contributed by atoms with E-state index in [-0.39, 0.29) is 16.9 Å². The highest BCUT2D eigenvalue weighted by atomic mass is 35.5. The summed E-state index contributed by atoms with van der Waals surface area (Å²) in [5.74, 6) is 0.370. The summed E-state index contributed by atoms with van der Waals surface area (Å²) in [5, 5.41) is 0.434. The predicted molar refractivity (Wildman–Crippen MR) is 119 cm³/mol. The molecule has 2 atom stereocenters. The van der Waals surface area contributed by atoms with Gasteiger partial charge >= 0.3 is 0 Å². The van der Waals surface area contributed by atoms with Gasteiger partial charge in [0, 0.05) is 24.7 Å². The van der Waals surface area contributed by atoms with Gasteiger partial charge in [-0.1, -0.05) is 23.7 Å². The molecular formula is C22H27ClN2O5S. The first kappa shape index (κ1) is 23.5. The van der Waals surface area contributed by atoms with Crippen LogP contribution >= 0.6 is 11.6 Å². The largest absolute Gasteiger partial charge is 0.497 e. The van der Waals surface area contributed by atoms with Crippen molar-refractivity contribution in [1.29, 1.82) is 0 Å². The van der Waals surface area contributed by atoms with Gasteiger partial charge < -0.3 is 14.4 Å². The molecule has 2 aromatic carbocycles. The van der Waals surface area contributed by atoms with E-state index in [2.05, 4.69) is 4.72 Å². The van der Waals surface area contributed by atoms with Gasteiger partial charge in [0.2, 0.25) is 15.9 Å². The van der Waals surface area contributed by atoms with Gasteiger partial charge in [0.15, 0.2) is 0 Å². The highest BCUT2D eigenvalue weighted by molar-refractivity contribution is 7.89. The zero-order chi connectivity index (χ0) is 22.4. The summed E-state index contributed by atoms with van der Waals surface area (Å²) >= 11 is 5.84. The number of halogens is 1. The molecule has 31 heavy (non-hydrogen) atoms. The number of hydrogen-bond donors (Lipinski definition) is 1. The fourth-order valence-electron chi connectivity index (χ4n) is 3.50. The van der Waals surface area contributed by atoms with Crippen molar-refractivity contribution in [2.24, 2.45) is 0 Å². The summed E-state index contributed by atoms with van der Waals surface area (Å²) in [6.07, 6.45) is 1.76. The zero-order valence-corrected chi connectivity index (χ0v) is 19.2. The van der Waals surface area contributed by atoms with E-state index in [9.17, 15) is 13.2 Å². The number of amides is 1. The van der Waals surface area contributed by atoms with Gasteiger partial charge in [0.1, 0.15) is 5.75 Å². The minimum atomic E-state index is -3.87. The molecule has 0 spiro atoms. The monoisotopic (exact) mass is 466 g/mol. The lowest BCUT2D eigenvalue weighted by Gasteiger charge is -2.28. The second kappa shape index (κ2) is 10.5. The van der Waals surface area contributed by atoms with Crippen LogP contribution in [0.15, 0.2) is 53.4 Å². The Kier molecular flexibility index (Phi) is 7.94. The lowest BCUT2D eigenvalue weighted by Crippen LogP contribution is -2.48. The Labute approximate surface area is 188 Å². The third kappa shape index (κ3) is 6.43. The van der Waals surface area contributed by atoms with Gasteiger partial charge in [-0.3, -0.25) is 4.79 Å². The van der Waals surface area contributed by atoms with E-state index in [1.807, 2.05) is 24.3 Å². The van der Waals surface area contributed by atoms with Crippen molar-refractivity contribution in [2.45, 2.75) is 43.4 Å². The highest BCUT2D eigenvalue weighted by Gasteiger charge is 2.29. The fourth-order valence-corrected chi connectivity index (χ4v) is 4.82. The maximum Gasteiger partial charge on any atom is 0.241 e. The second-order valence-electron chi connectivity index (χ2n) is 7.50. The average Bonchev–Trinajstić information content (AvgIpc) is 3.26. The minimum absolute atomic E-state index is 0.0509. The molecule has 1 saturated heterocycles. The molecule has 1 fully saturated rings. The van der Waals surface area contributed by atoms with Crippen LogP contribution in [0.25, 0.3) is 0 Å². The first-order chi connectivity index (χ1) is 14.8. The molecule has 0 aromatic heterocycles. The third-order valence-corrected chi connectivity index (χ3v) is 6.90. The first-order valence-electron chi connectivity index (χ1n) is 10.1. The Morgan fingerprint density at radius 2 is 2.03 bits per heavy atom. The maximum atomic E-state index is 13.2. The van der Waals surface area contributed by atoms with Gasteiger partial charge in [-0.25, -0.2) is 8.42 Å². The predicted octanol–water partition coefficient (Wildman–Crippen LogP) is 3.22.